The Labute approximate surface area is 120 Å². The van der Waals surface area contributed by atoms with Gasteiger partial charge in [-0.25, -0.2) is 22.8 Å². The Morgan fingerprint density at radius 1 is 1.35 bits per heavy atom. The van der Waals surface area contributed by atoms with Crippen LogP contribution < -0.4 is 5.32 Å². The van der Waals surface area contributed by atoms with Gasteiger partial charge in [-0.2, -0.15) is 0 Å². The molecule has 2 rings (SSSR count). The monoisotopic (exact) mass is 315 g/mol. The number of hydrogen-bond acceptors (Lipinski definition) is 5. The number of benzene rings is 1. The molecule has 0 spiro atoms. The van der Waals surface area contributed by atoms with Crippen molar-refractivity contribution < 1.29 is 12.8 Å². The van der Waals surface area contributed by atoms with Gasteiger partial charge in [0.1, 0.15) is 10.0 Å². The molecule has 2 aromatic rings. The Hall–Kier alpha value is -1.73. The van der Waals surface area contributed by atoms with Crippen molar-refractivity contribution in [3.63, 3.8) is 0 Å². The molecule has 0 amide bonds. The number of sulfone groups is 1. The molecule has 0 unspecified atom stereocenters. The smallest absolute Gasteiger partial charge is 0.228 e. The lowest BCUT2D eigenvalue weighted by Crippen LogP contribution is -2.05. The average molecular weight is 316 g/mol. The summed E-state index contributed by atoms with van der Waals surface area (Å²) in [6.07, 6.45) is 2.42. The summed E-state index contributed by atoms with van der Waals surface area (Å²) in [5, 5.41) is 2.84. The van der Waals surface area contributed by atoms with Crippen LogP contribution in [0.5, 0.6) is 0 Å². The van der Waals surface area contributed by atoms with E-state index in [0.717, 1.165) is 6.26 Å². The highest BCUT2D eigenvalue weighted by atomic mass is 35.5. The molecule has 0 radical (unpaired) electrons. The third kappa shape index (κ3) is 3.05. The summed E-state index contributed by atoms with van der Waals surface area (Å²) in [4.78, 5) is 7.48. The Morgan fingerprint density at radius 2 is 2.05 bits per heavy atom. The molecule has 0 bridgehead atoms. The molecule has 8 heteroatoms. The minimum absolute atomic E-state index is 0.0344. The van der Waals surface area contributed by atoms with Gasteiger partial charge in [-0.1, -0.05) is 17.7 Å². The van der Waals surface area contributed by atoms with Gasteiger partial charge in [0.15, 0.2) is 15.7 Å². The third-order valence-corrected chi connectivity index (χ3v) is 4.02. The summed E-state index contributed by atoms with van der Waals surface area (Å²) in [5.41, 5.74) is 0.649. The van der Waals surface area contributed by atoms with E-state index < -0.39 is 15.7 Å². The topological polar surface area (TPSA) is 72.0 Å². The zero-order valence-corrected chi connectivity index (χ0v) is 12.3. The van der Waals surface area contributed by atoms with Crippen molar-refractivity contribution in [2.24, 2.45) is 0 Å². The number of aryl methyl sites for hydroxylation is 1. The lowest BCUT2D eigenvalue weighted by atomic mass is 10.3. The summed E-state index contributed by atoms with van der Waals surface area (Å²) in [6.45, 7) is 1.73. The van der Waals surface area contributed by atoms with E-state index >= 15 is 0 Å². The van der Waals surface area contributed by atoms with E-state index in [1.807, 2.05) is 0 Å². The number of nitrogens with one attached hydrogen (secondary N) is 1. The predicted octanol–water partition coefficient (Wildman–Crippen LogP) is 2.72. The first kappa shape index (κ1) is 14.7. The van der Waals surface area contributed by atoms with Gasteiger partial charge >= 0.3 is 0 Å². The molecule has 0 aliphatic rings. The van der Waals surface area contributed by atoms with Crippen LogP contribution in [0.1, 0.15) is 5.56 Å². The summed E-state index contributed by atoms with van der Waals surface area (Å²) in [5.74, 6) is -0.791. The van der Waals surface area contributed by atoms with E-state index in [-0.39, 0.29) is 21.7 Å². The second-order valence-electron chi connectivity index (χ2n) is 4.18. The van der Waals surface area contributed by atoms with Gasteiger partial charge in [0.05, 0.1) is 5.69 Å². The molecular formula is C12H11ClFN3O2S. The maximum Gasteiger partial charge on any atom is 0.228 e. The summed E-state index contributed by atoms with van der Waals surface area (Å²) in [7, 11) is -3.65. The quantitative estimate of drug-likeness (QED) is 0.882. The van der Waals surface area contributed by atoms with Gasteiger partial charge in [0.25, 0.3) is 0 Å². The molecule has 0 fully saturated rings. The fourth-order valence-corrected chi connectivity index (χ4v) is 2.39. The SMILES string of the molecule is Cc1cnc(Nc2cccc(S(C)(=O)=O)c2F)nc1Cl. The highest BCUT2D eigenvalue weighted by Gasteiger charge is 2.17. The van der Waals surface area contributed by atoms with Crippen LogP contribution in [0.4, 0.5) is 16.0 Å². The van der Waals surface area contributed by atoms with Crippen LogP contribution >= 0.6 is 11.6 Å². The number of anilines is 2. The van der Waals surface area contributed by atoms with Crippen molar-refractivity contribution >= 4 is 33.1 Å². The Morgan fingerprint density at radius 3 is 2.65 bits per heavy atom. The molecule has 1 aromatic heterocycles. The number of rotatable bonds is 3. The second-order valence-corrected chi connectivity index (χ2v) is 6.52. The van der Waals surface area contributed by atoms with Crippen LogP contribution in [0.2, 0.25) is 5.15 Å². The van der Waals surface area contributed by atoms with Crippen molar-refractivity contribution in [2.75, 3.05) is 11.6 Å². The zero-order valence-electron chi connectivity index (χ0n) is 10.7. The van der Waals surface area contributed by atoms with E-state index in [1.165, 1.54) is 24.4 Å². The largest absolute Gasteiger partial charge is 0.322 e. The van der Waals surface area contributed by atoms with Crippen LogP contribution in [-0.2, 0) is 9.84 Å². The Bertz CT molecular complexity index is 765. The number of halogens is 2. The Balaban J connectivity index is 2.42. The summed E-state index contributed by atoms with van der Waals surface area (Å²) in [6, 6.07) is 4.01. The maximum atomic E-state index is 14.1. The minimum atomic E-state index is -3.65. The van der Waals surface area contributed by atoms with Gasteiger partial charge in [-0.3, -0.25) is 0 Å². The van der Waals surface area contributed by atoms with Crippen LogP contribution in [0.15, 0.2) is 29.3 Å². The van der Waals surface area contributed by atoms with E-state index in [9.17, 15) is 12.8 Å². The first-order valence-electron chi connectivity index (χ1n) is 5.54. The molecule has 5 nitrogen and oxygen atoms in total. The molecule has 0 aliphatic heterocycles. The molecular weight excluding hydrogens is 305 g/mol. The predicted molar refractivity (Wildman–Crippen MR) is 74.6 cm³/mol. The molecule has 1 N–H and O–H groups in total. The van der Waals surface area contributed by atoms with Gasteiger partial charge in [-0.05, 0) is 19.1 Å². The molecule has 1 aromatic carbocycles. The van der Waals surface area contributed by atoms with Crippen molar-refractivity contribution in [2.45, 2.75) is 11.8 Å². The molecule has 20 heavy (non-hydrogen) atoms. The van der Waals surface area contributed by atoms with Crippen molar-refractivity contribution in [3.8, 4) is 0 Å². The van der Waals surface area contributed by atoms with Crippen LogP contribution in [0, 0.1) is 12.7 Å². The summed E-state index contributed by atoms with van der Waals surface area (Å²) < 4.78 is 37.0. The van der Waals surface area contributed by atoms with Crippen LogP contribution in [0.25, 0.3) is 0 Å². The van der Waals surface area contributed by atoms with Gasteiger partial charge in [0.2, 0.25) is 5.95 Å². The van der Waals surface area contributed by atoms with E-state index in [2.05, 4.69) is 15.3 Å². The van der Waals surface area contributed by atoms with E-state index in [1.54, 1.807) is 6.92 Å². The van der Waals surface area contributed by atoms with Crippen molar-refractivity contribution in [1.29, 1.82) is 0 Å². The highest BCUT2D eigenvalue weighted by Crippen LogP contribution is 2.24. The van der Waals surface area contributed by atoms with E-state index in [4.69, 9.17) is 11.6 Å². The number of aromatic nitrogens is 2. The third-order valence-electron chi connectivity index (χ3n) is 2.52. The van der Waals surface area contributed by atoms with Crippen molar-refractivity contribution in [3.05, 3.63) is 40.9 Å². The molecule has 0 atom stereocenters. The van der Waals surface area contributed by atoms with Gasteiger partial charge in [0, 0.05) is 18.0 Å². The molecule has 0 aliphatic carbocycles. The van der Waals surface area contributed by atoms with Crippen molar-refractivity contribution in [1.82, 2.24) is 9.97 Å². The summed E-state index contributed by atoms with van der Waals surface area (Å²) >= 11 is 5.84. The first-order valence-corrected chi connectivity index (χ1v) is 7.80. The number of nitrogens with zero attached hydrogens (tertiary/aromatic N) is 2. The maximum absolute atomic E-state index is 14.1. The fourth-order valence-electron chi connectivity index (χ4n) is 1.50. The van der Waals surface area contributed by atoms with Gasteiger partial charge < -0.3 is 5.32 Å². The molecule has 1 heterocycles. The standard InChI is InChI=1S/C12H11ClFN3O2S/c1-7-6-15-12(17-11(7)13)16-8-4-3-5-9(10(8)14)20(2,18)19/h3-6H,1-2H3,(H,15,16,17). The molecule has 106 valence electrons. The fraction of sp³-hybridized carbons (Fsp3) is 0.167. The normalized spacial score (nSPS) is 11.4. The zero-order chi connectivity index (χ0) is 14.9. The highest BCUT2D eigenvalue weighted by molar-refractivity contribution is 7.90. The average Bonchev–Trinajstić information content (AvgIpc) is 2.35. The van der Waals surface area contributed by atoms with E-state index in [0.29, 0.717) is 5.56 Å². The first-order chi connectivity index (χ1) is 9.29. The lowest BCUT2D eigenvalue weighted by molar-refractivity contribution is 0.573. The van der Waals surface area contributed by atoms with Gasteiger partial charge in [-0.15, -0.1) is 0 Å². The molecule has 0 saturated heterocycles. The Kier molecular flexibility index (Phi) is 3.92. The second kappa shape index (κ2) is 5.34. The molecule has 0 saturated carbocycles. The van der Waals surface area contributed by atoms with Crippen LogP contribution in [0.3, 0.4) is 0 Å². The lowest BCUT2D eigenvalue weighted by Gasteiger charge is -2.09. The number of hydrogen-bond donors (Lipinski definition) is 1. The van der Waals surface area contributed by atoms with Crippen LogP contribution in [-0.4, -0.2) is 24.6 Å². The minimum Gasteiger partial charge on any atom is -0.322 e.